The maximum atomic E-state index is 12.2. The van der Waals surface area contributed by atoms with E-state index in [1.54, 1.807) is 17.3 Å². The van der Waals surface area contributed by atoms with Crippen molar-refractivity contribution in [2.24, 2.45) is 0 Å². The molecular formula is C14H17N3O3. The zero-order valence-corrected chi connectivity index (χ0v) is 11.3. The first kappa shape index (κ1) is 14.0. The van der Waals surface area contributed by atoms with Crippen LogP contribution in [0.2, 0.25) is 0 Å². The second kappa shape index (κ2) is 6.18. The van der Waals surface area contributed by atoms with E-state index >= 15 is 0 Å². The Labute approximate surface area is 116 Å². The fourth-order valence-corrected chi connectivity index (χ4v) is 2.12. The number of nitrogens with one attached hydrogen (secondary N) is 1. The van der Waals surface area contributed by atoms with Crippen molar-refractivity contribution in [3.8, 4) is 0 Å². The molecule has 6 nitrogen and oxygen atoms in total. The highest BCUT2D eigenvalue weighted by Crippen LogP contribution is 2.16. The molecule has 6 heteroatoms. The van der Waals surface area contributed by atoms with Crippen molar-refractivity contribution in [1.29, 1.82) is 0 Å². The van der Waals surface area contributed by atoms with Crippen molar-refractivity contribution >= 4 is 22.9 Å². The van der Waals surface area contributed by atoms with Gasteiger partial charge in [-0.05, 0) is 24.6 Å². The van der Waals surface area contributed by atoms with Crippen LogP contribution in [0.15, 0.2) is 24.5 Å². The van der Waals surface area contributed by atoms with Gasteiger partial charge in [0, 0.05) is 30.9 Å². The van der Waals surface area contributed by atoms with E-state index in [1.165, 1.54) is 0 Å². The molecule has 106 valence electrons. The molecule has 0 atom stereocenters. The number of aromatic nitrogens is 2. The monoisotopic (exact) mass is 275 g/mol. The number of hydrogen-bond acceptors (Lipinski definition) is 3. The Morgan fingerprint density at radius 1 is 1.45 bits per heavy atom. The summed E-state index contributed by atoms with van der Waals surface area (Å²) in [6.07, 6.45) is 3.68. The van der Waals surface area contributed by atoms with Gasteiger partial charge in [-0.2, -0.15) is 0 Å². The van der Waals surface area contributed by atoms with Gasteiger partial charge in [-0.15, -0.1) is 0 Å². The molecule has 0 aliphatic carbocycles. The standard InChI is InChI=1S/C14H17N3O3/c1-2-17(7-5-13(19)20)12(18)8-10-9-16-14-11(10)4-3-6-15-14/h3-4,6,9H,2,5,7-8H2,1H3,(H,15,16)(H,19,20). The summed E-state index contributed by atoms with van der Waals surface area (Å²) < 4.78 is 0. The van der Waals surface area contributed by atoms with Gasteiger partial charge in [0.05, 0.1) is 12.8 Å². The lowest BCUT2D eigenvalue weighted by Crippen LogP contribution is -2.33. The number of H-pyrrole nitrogens is 1. The first-order chi connectivity index (χ1) is 9.61. The average molecular weight is 275 g/mol. The molecule has 20 heavy (non-hydrogen) atoms. The zero-order valence-electron chi connectivity index (χ0n) is 11.3. The smallest absolute Gasteiger partial charge is 0.305 e. The Morgan fingerprint density at radius 3 is 2.95 bits per heavy atom. The molecule has 1 amide bonds. The quantitative estimate of drug-likeness (QED) is 0.835. The molecule has 0 fully saturated rings. The number of carboxylic acid groups (broad SMARTS) is 1. The molecule has 2 aromatic heterocycles. The van der Waals surface area contributed by atoms with Crippen LogP contribution < -0.4 is 0 Å². The maximum Gasteiger partial charge on any atom is 0.305 e. The molecule has 2 N–H and O–H groups in total. The molecule has 2 heterocycles. The summed E-state index contributed by atoms with van der Waals surface area (Å²) in [5.41, 5.74) is 1.63. The number of hydrogen-bond donors (Lipinski definition) is 2. The molecule has 0 aliphatic heterocycles. The summed E-state index contributed by atoms with van der Waals surface area (Å²) in [7, 11) is 0. The Hall–Kier alpha value is -2.37. The van der Waals surface area contributed by atoms with Crippen molar-refractivity contribution in [1.82, 2.24) is 14.9 Å². The first-order valence-corrected chi connectivity index (χ1v) is 6.52. The van der Waals surface area contributed by atoms with Gasteiger partial charge < -0.3 is 15.0 Å². The lowest BCUT2D eigenvalue weighted by Gasteiger charge is -2.19. The van der Waals surface area contributed by atoms with Gasteiger partial charge in [-0.25, -0.2) is 4.98 Å². The molecule has 2 rings (SSSR count). The van der Waals surface area contributed by atoms with Crippen LogP contribution in [-0.4, -0.2) is 44.9 Å². The summed E-state index contributed by atoms with van der Waals surface area (Å²) in [5, 5.41) is 9.61. The second-order valence-corrected chi connectivity index (χ2v) is 4.51. The number of carboxylic acids is 1. The van der Waals surface area contributed by atoms with Crippen molar-refractivity contribution < 1.29 is 14.7 Å². The predicted molar refractivity (Wildman–Crippen MR) is 74.3 cm³/mol. The third kappa shape index (κ3) is 3.14. The number of amides is 1. The van der Waals surface area contributed by atoms with Crippen LogP contribution in [0, 0.1) is 0 Å². The molecule has 0 saturated heterocycles. The van der Waals surface area contributed by atoms with Crippen LogP contribution in [0.5, 0.6) is 0 Å². The summed E-state index contributed by atoms with van der Waals surface area (Å²) in [4.78, 5) is 31.5. The van der Waals surface area contributed by atoms with Crippen molar-refractivity contribution in [3.63, 3.8) is 0 Å². The Balaban J connectivity index is 2.08. The summed E-state index contributed by atoms with van der Waals surface area (Å²) in [6, 6.07) is 3.74. The Kier molecular flexibility index (Phi) is 4.34. The van der Waals surface area contributed by atoms with E-state index in [0.717, 1.165) is 16.6 Å². The SMILES string of the molecule is CCN(CCC(=O)O)C(=O)Cc1c[nH]c2ncccc12. The first-order valence-electron chi connectivity index (χ1n) is 6.52. The number of carbonyl (C=O) groups excluding carboxylic acids is 1. The van der Waals surface area contributed by atoms with Crippen LogP contribution in [0.3, 0.4) is 0 Å². The largest absolute Gasteiger partial charge is 0.481 e. The number of rotatable bonds is 6. The van der Waals surface area contributed by atoms with Crippen LogP contribution in [0.1, 0.15) is 18.9 Å². The van der Waals surface area contributed by atoms with E-state index in [9.17, 15) is 9.59 Å². The molecule has 0 saturated carbocycles. The molecule has 0 aromatic carbocycles. The van der Waals surface area contributed by atoms with Crippen molar-refractivity contribution in [2.75, 3.05) is 13.1 Å². The van der Waals surface area contributed by atoms with E-state index in [0.29, 0.717) is 6.54 Å². The third-order valence-electron chi connectivity index (χ3n) is 3.21. The molecular weight excluding hydrogens is 258 g/mol. The van der Waals surface area contributed by atoms with Gasteiger partial charge >= 0.3 is 5.97 Å². The fourth-order valence-electron chi connectivity index (χ4n) is 2.12. The van der Waals surface area contributed by atoms with Crippen molar-refractivity contribution in [2.45, 2.75) is 19.8 Å². The van der Waals surface area contributed by atoms with E-state index in [-0.39, 0.29) is 25.3 Å². The van der Waals surface area contributed by atoms with Gasteiger partial charge in [-0.1, -0.05) is 0 Å². The van der Waals surface area contributed by atoms with Crippen molar-refractivity contribution in [3.05, 3.63) is 30.1 Å². The number of carbonyl (C=O) groups is 2. The third-order valence-corrected chi connectivity index (χ3v) is 3.21. The van der Waals surface area contributed by atoms with Gasteiger partial charge in [-0.3, -0.25) is 9.59 Å². The van der Waals surface area contributed by atoms with Gasteiger partial charge in [0.25, 0.3) is 0 Å². The van der Waals surface area contributed by atoms with E-state index < -0.39 is 5.97 Å². The van der Waals surface area contributed by atoms with E-state index in [2.05, 4.69) is 9.97 Å². The number of nitrogens with zero attached hydrogens (tertiary/aromatic N) is 2. The summed E-state index contributed by atoms with van der Waals surface area (Å²) in [6.45, 7) is 2.59. The molecule has 0 spiro atoms. The van der Waals surface area contributed by atoms with Crippen LogP contribution in [-0.2, 0) is 16.0 Å². The predicted octanol–water partition coefficient (Wildman–Crippen LogP) is 1.43. The number of pyridine rings is 1. The topological polar surface area (TPSA) is 86.3 Å². The zero-order chi connectivity index (χ0) is 14.5. The highest BCUT2D eigenvalue weighted by atomic mass is 16.4. The minimum absolute atomic E-state index is 0.0327. The van der Waals surface area contributed by atoms with Crippen LogP contribution >= 0.6 is 0 Å². The van der Waals surface area contributed by atoms with Crippen LogP contribution in [0.25, 0.3) is 11.0 Å². The highest BCUT2D eigenvalue weighted by molar-refractivity contribution is 5.87. The molecule has 0 aliphatic rings. The Bertz CT molecular complexity index is 621. The number of likely N-dealkylation sites (N-methyl/N-ethyl adjacent to an activating group) is 1. The molecule has 0 radical (unpaired) electrons. The lowest BCUT2D eigenvalue weighted by molar-refractivity contribution is -0.138. The molecule has 2 aromatic rings. The minimum Gasteiger partial charge on any atom is -0.481 e. The van der Waals surface area contributed by atoms with E-state index in [1.807, 2.05) is 19.1 Å². The second-order valence-electron chi connectivity index (χ2n) is 4.51. The number of aromatic amines is 1. The van der Waals surface area contributed by atoms with Crippen LogP contribution in [0.4, 0.5) is 0 Å². The Morgan fingerprint density at radius 2 is 2.25 bits per heavy atom. The van der Waals surface area contributed by atoms with Gasteiger partial charge in [0.2, 0.25) is 5.91 Å². The van der Waals surface area contributed by atoms with Gasteiger partial charge in [0.15, 0.2) is 0 Å². The summed E-state index contributed by atoms with van der Waals surface area (Å²) >= 11 is 0. The average Bonchev–Trinajstić information content (AvgIpc) is 2.83. The minimum atomic E-state index is -0.896. The molecule has 0 bridgehead atoms. The maximum absolute atomic E-state index is 12.2. The summed E-state index contributed by atoms with van der Waals surface area (Å²) in [5.74, 6) is -0.967. The number of fused-ring (bicyclic) bond motifs is 1. The normalized spacial score (nSPS) is 10.7. The highest BCUT2D eigenvalue weighted by Gasteiger charge is 2.15. The lowest BCUT2D eigenvalue weighted by atomic mass is 10.1. The molecule has 0 unspecified atom stereocenters. The van der Waals surface area contributed by atoms with Gasteiger partial charge in [0.1, 0.15) is 5.65 Å². The number of aliphatic carboxylic acids is 1. The van der Waals surface area contributed by atoms with E-state index in [4.69, 9.17) is 5.11 Å². The fraction of sp³-hybridized carbons (Fsp3) is 0.357.